The average molecular weight is 489 g/mol. The van der Waals surface area contributed by atoms with Gasteiger partial charge in [0.1, 0.15) is 18.4 Å². The number of H-pyrrole nitrogens is 1. The number of carbonyl (C=O) groups excluding carboxylic acids is 2. The van der Waals surface area contributed by atoms with Crippen LogP contribution in [0, 0.1) is 0 Å². The molecule has 8 heteroatoms. The first-order chi connectivity index (χ1) is 17.1. The summed E-state index contributed by atoms with van der Waals surface area (Å²) in [5.41, 5.74) is 1.93. The van der Waals surface area contributed by atoms with Crippen molar-refractivity contribution in [1.82, 2.24) is 14.9 Å². The molecule has 4 aromatic rings. The van der Waals surface area contributed by atoms with Crippen molar-refractivity contribution in [2.24, 2.45) is 0 Å². The van der Waals surface area contributed by atoms with Gasteiger partial charge in [-0.2, -0.15) is 0 Å². The van der Waals surface area contributed by atoms with Gasteiger partial charge < -0.3 is 14.6 Å². The Hall–Kier alpha value is -3.84. The van der Waals surface area contributed by atoms with Gasteiger partial charge in [-0.1, -0.05) is 35.9 Å². The molecule has 1 fully saturated rings. The number of likely N-dealkylation sites (tertiary alicyclic amines) is 1. The van der Waals surface area contributed by atoms with Crippen LogP contribution in [0.4, 0.5) is 5.69 Å². The van der Waals surface area contributed by atoms with Crippen LogP contribution in [-0.4, -0.2) is 52.4 Å². The molecule has 0 spiro atoms. The fourth-order valence-electron chi connectivity index (χ4n) is 4.34. The maximum absolute atomic E-state index is 13.6. The predicted octanol–water partition coefficient (Wildman–Crippen LogP) is 4.93. The fraction of sp³-hybridized carbons (Fsp3) is 0.222. The van der Waals surface area contributed by atoms with Crippen LogP contribution >= 0.6 is 11.6 Å². The number of piperidine rings is 1. The molecule has 0 aliphatic carbocycles. The molecule has 2 aromatic carbocycles. The quantitative estimate of drug-likeness (QED) is 0.417. The van der Waals surface area contributed by atoms with E-state index >= 15 is 0 Å². The minimum atomic E-state index is -0.243. The van der Waals surface area contributed by atoms with Gasteiger partial charge >= 0.3 is 0 Å². The van der Waals surface area contributed by atoms with Crippen molar-refractivity contribution in [1.29, 1.82) is 0 Å². The summed E-state index contributed by atoms with van der Waals surface area (Å²) >= 11 is 6.18. The second-order valence-corrected chi connectivity index (χ2v) is 8.91. The summed E-state index contributed by atoms with van der Waals surface area (Å²) in [5.74, 6) is 0.451. The molecule has 0 unspecified atom stereocenters. The van der Waals surface area contributed by atoms with Crippen LogP contribution < -0.4 is 9.64 Å². The number of nitrogens with zero attached hydrogens (tertiary/aromatic N) is 3. The number of benzene rings is 2. The molecule has 1 N–H and O–H groups in total. The van der Waals surface area contributed by atoms with Crippen molar-refractivity contribution >= 4 is 40.0 Å². The maximum atomic E-state index is 13.6. The molecule has 0 bridgehead atoms. The number of hydrogen-bond donors (Lipinski definition) is 1. The number of para-hydroxylation sites is 1. The molecule has 1 saturated heterocycles. The van der Waals surface area contributed by atoms with E-state index in [1.165, 1.54) is 4.90 Å². The predicted molar refractivity (Wildman–Crippen MR) is 136 cm³/mol. The zero-order valence-electron chi connectivity index (χ0n) is 19.1. The first kappa shape index (κ1) is 22.9. The van der Waals surface area contributed by atoms with Crippen molar-refractivity contribution in [3.63, 3.8) is 0 Å². The molecule has 178 valence electrons. The van der Waals surface area contributed by atoms with Crippen molar-refractivity contribution in [2.45, 2.75) is 18.9 Å². The second kappa shape index (κ2) is 10.2. The molecule has 0 atom stereocenters. The Kier molecular flexibility index (Phi) is 6.68. The minimum absolute atomic E-state index is 0.0394. The molecule has 3 heterocycles. The van der Waals surface area contributed by atoms with E-state index in [0.717, 1.165) is 29.5 Å². The first-order valence-corrected chi connectivity index (χ1v) is 11.9. The SMILES string of the molecule is O=C(CN(C(=O)c1ccc2c(Cl)c[nH]c2c1)c1ccccc1)N1CCC(Oc2ccncc2)CC1. The van der Waals surface area contributed by atoms with Crippen LogP contribution in [0.15, 0.2) is 79.3 Å². The van der Waals surface area contributed by atoms with Gasteiger partial charge in [0.15, 0.2) is 0 Å². The highest BCUT2D eigenvalue weighted by Crippen LogP contribution is 2.26. The molecule has 1 aliphatic rings. The number of halogens is 1. The molecule has 1 aliphatic heterocycles. The summed E-state index contributed by atoms with van der Waals surface area (Å²) in [6.45, 7) is 1.12. The number of ether oxygens (including phenoxy) is 1. The molecule has 0 radical (unpaired) electrons. The normalized spacial score (nSPS) is 14.1. The number of rotatable bonds is 6. The zero-order chi connectivity index (χ0) is 24.2. The van der Waals surface area contributed by atoms with E-state index in [1.54, 1.807) is 30.7 Å². The summed E-state index contributed by atoms with van der Waals surface area (Å²) in [5, 5.41) is 1.45. The van der Waals surface area contributed by atoms with Gasteiger partial charge in [0, 0.05) is 66.7 Å². The summed E-state index contributed by atoms with van der Waals surface area (Å²) < 4.78 is 6.01. The first-order valence-electron chi connectivity index (χ1n) is 11.6. The summed E-state index contributed by atoms with van der Waals surface area (Å²) in [7, 11) is 0. The van der Waals surface area contributed by atoms with E-state index in [1.807, 2.05) is 53.4 Å². The third kappa shape index (κ3) is 5.15. The minimum Gasteiger partial charge on any atom is -0.490 e. The second-order valence-electron chi connectivity index (χ2n) is 8.50. The molecule has 5 rings (SSSR count). The number of fused-ring (bicyclic) bond motifs is 1. The number of hydrogen-bond acceptors (Lipinski definition) is 4. The Balaban J connectivity index is 1.29. The highest BCUT2D eigenvalue weighted by molar-refractivity contribution is 6.35. The molecular weight excluding hydrogens is 464 g/mol. The largest absolute Gasteiger partial charge is 0.490 e. The average Bonchev–Trinajstić information content (AvgIpc) is 3.28. The van der Waals surface area contributed by atoms with Crippen LogP contribution in [0.1, 0.15) is 23.2 Å². The standard InChI is InChI=1S/C27H25ClN4O3/c28-24-17-30-25-16-19(6-7-23(24)25)27(34)32(20-4-2-1-3-5-20)18-26(33)31-14-10-22(11-15-31)35-21-8-12-29-13-9-21/h1-9,12-13,16-17,22,30H,10-11,14-15,18H2. The number of anilines is 1. The molecule has 2 amide bonds. The Labute approximate surface area is 208 Å². The fourth-order valence-corrected chi connectivity index (χ4v) is 4.55. The number of pyridine rings is 1. The van der Waals surface area contributed by atoms with Gasteiger partial charge in [-0.25, -0.2) is 0 Å². The molecular formula is C27H25ClN4O3. The van der Waals surface area contributed by atoms with E-state index < -0.39 is 0 Å². The lowest BCUT2D eigenvalue weighted by Gasteiger charge is -2.33. The summed E-state index contributed by atoms with van der Waals surface area (Å²) in [6, 6.07) is 18.3. The zero-order valence-corrected chi connectivity index (χ0v) is 19.8. The van der Waals surface area contributed by atoms with Gasteiger partial charge in [0.05, 0.1) is 5.02 Å². The lowest BCUT2D eigenvalue weighted by Crippen LogP contribution is -2.47. The topological polar surface area (TPSA) is 78.5 Å². The number of amides is 2. The number of nitrogens with one attached hydrogen (secondary N) is 1. The highest BCUT2D eigenvalue weighted by atomic mass is 35.5. The Morgan fingerprint density at radius 3 is 2.54 bits per heavy atom. The van der Waals surface area contributed by atoms with Crippen LogP contribution in [0.3, 0.4) is 0 Å². The smallest absolute Gasteiger partial charge is 0.258 e. The third-order valence-corrected chi connectivity index (χ3v) is 6.54. The molecule has 7 nitrogen and oxygen atoms in total. The van der Waals surface area contributed by atoms with Crippen LogP contribution in [0.5, 0.6) is 5.75 Å². The maximum Gasteiger partial charge on any atom is 0.258 e. The summed E-state index contributed by atoms with van der Waals surface area (Å²) in [6.07, 6.45) is 6.61. The lowest BCUT2D eigenvalue weighted by molar-refractivity contribution is -0.131. The van der Waals surface area contributed by atoms with Crippen molar-refractivity contribution in [3.05, 3.63) is 89.8 Å². The van der Waals surface area contributed by atoms with E-state index in [0.29, 0.717) is 29.4 Å². The number of carbonyl (C=O) groups is 2. The Morgan fingerprint density at radius 2 is 1.80 bits per heavy atom. The van der Waals surface area contributed by atoms with Crippen molar-refractivity contribution in [3.8, 4) is 5.75 Å². The molecule has 2 aromatic heterocycles. The van der Waals surface area contributed by atoms with Gasteiger partial charge in [-0.15, -0.1) is 0 Å². The van der Waals surface area contributed by atoms with Crippen LogP contribution in [0.25, 0.3) is 10.9 Å². The number of aromatic nitrogens is 2. The van der Waals surface area contributed by atoms with Gasteiger partial charge in [-0.05, 0) is 36.4 Å². The Bertz CT molecular complexity index is 1320. The third-order valence-electron chi connectivity index (χ3n) is 6.23. The Morgan fingerprint density at radius 1 is 1.06 bits per heavy atom. The molecule has 0 saturated carbocycles. The number of aromatic amines is 1. The van der Waals surface area contributed by atoms with Crippen molar-refractivity contribution in [2.75, 3.05) is 24.5 Å². The van der Waals surface area contributed by atoms with E-state index in [-0.39, 0.29) is 24.5 Å². The van der Waals surface area contributed by atoms with Crippen LogP contribution in [0.2, 0.25) is 5.02 Å². The van der Waals surface area contributed by atoms with E-state index in [4.69, 9.17) is 16.3 Å². The monoisotopic (exact) mass is 488 g/mol. The summed E-state index contributed by atoms with van der Waals surface area (Å²) in [4.78, 5) is 37.2. The van der Waals surface area contributed by atoms with E-state index in [2.05, 4.69) is 9.97 Å². The highest BCUT2D eigenvalue weighted by Gasteiger charge is 2.28. The van der Waals surface area contributed by atoms with Crippen molar-refractivity contribution < 1.29 is 14.3 Å². The van der Waals surface area contributed by atoms with Gasteiger partial charge in [-0.3, -0.25) is 19.5 Å². The van der Waals surface area contributed by atoms with E-state index in [9.17, 15) is 9.59 Å². The van der Waals surface area contributed by atoms with Gasteiger partial charge in [0.25, 0.3) is 5.91 Å². The van der Waals surface area contributed by atoms with Gasteiger partial charge in [0.2, 0.25) is 5.91 Å². The lowest BCUT2D eigenvalue weighted by atomic mass is 10.1. The van der Waals surface area contributed by atoms with Crippen LogP contribution in [-0.2, 0) is 4.79 Å². The molecule has 35 heavy (non-hydrogen) atoms.